The van der Waals surface area contributed by atoms with E-state index in [9.17, 15) is 27.2 Å². The maximum Gasteiger partial charge on any atom is 0.416 e. The third kappa shape index (κ3) is 7.07. The van der Waals surface area contributed by atoms with Gasteiger partial charge in [-0.1, -0.05) is 48.2 Å². The van der Waals surface area contributed by atoms with Gasteiger partial charge >= 0.3 is 6.18 Å². The molecule has 3 aromatic carbocycles. The van der Waals surface area contributed by atoms with Gasteiger partial charge in [0.05, 0.1) is 11.3 Å². The smallest absolute Gasteiger partial charge is 0.339 e. The van der Waals surface area contributed by atoms with E-state index in [0.717, 1.165) is 12.1 Å². The number of aromatic nitrogens is 3. The second-order valence-electron chi connectivity index (χ2n) is 10.2. The van der Waals surface area contributed by atoms with Crippen LogP contribution in [0.1, 0.15) is 35.7 Å². The molecule has 1 unspecified atom stereocenters. The highest BCUT2D eigenvalue weighted by atomic mass is 32.2. The van der Waals surface area contributed by atoms with Crippen molar-refractivity contribution >= 4 is 23.6 Å². The first-order valence-electron chi connectivity index (χ1n) is 13.8. The van der Waals surface area contributed by atoms with Gasteiger partial charge in [-0.2, -0.15) is 13.2 Å². The first kappa shape index (κ1) is 30.3. The van der Waals surface area contributed by atoms with Crippen molar-refractivity contribution in [3.05, 3.63) is 95.8 Å². The number of alkyl halides is 3. The Labute approximate surface area is 250 Å². The quantitative estimate of drug-likeness (QED) is 0.132. The SMILES string of the molecule is CC1CN(C(=O)CCCSc2nnc(-c3ccccc3)n2-c2cccc(C(F)(F)F)c2)CCN1C(=O)c1ccc(F)cc1. The molecule has 1 aliphatic heterocycles. The molecule has 0 bridgehead atoms. The summed E-state index contributed by atoms with van der Waals surface area (Å²) in [5, 5.41) is 8.98. The first-order valence-corrected chi connectivity index (χ1v) is 14.8. The van der Waals surface area contributed by atoms with E-state index >= 15 is 0 Å². The Balaban J connectivity index is 1.21. The minimum atomic E-state index is -4.50. The van der Waals surface area contributed by atoms with Gasteiger partial charge in [0.15, 0.2) is 11.0 Å². The van der Waals surface area contributed by atoms with Crippen molar-refractivity contribution in [3.8, 4) is 17.1 Å². The second-order valence-corrected chi connectivity index (χ2v) is 11.3. The van der Waals surface area contributed by atoms with Gasteiger partial charge in [-0.15, -0.1) is 10.2 Å². The van der Waals surface area contributed by atoms with Gasteiger partial charge in [0.25, 0.3) is 5.91 Å². The molecule has 1 atom stereocenters. The van der Waals surface area contributed by atoms with Crippen molar-refractivity contribution in [2.24, 2.45) is 0 Å². The third-order valence-electron chi connectivity index (χ3n) is 7.20. The van der Waals surface area contributed by atoms with Crippen molar-refractivity contribution in [2.75, 3.05) is 25.4 Å². The monoisotopic (exact) mass is 611 g/mol. The molecule has 2 amide bonds. The van der Waals surface area contributed by atoms with Gasteiger partial charge in [0, 0.05) is 49.0 Å². The van der Waals surface area contributed by atoms with Crippen LogP contribution in [0.2, 0.25) is 0 Å². The molecule has 7 nitrogen and oxygen atoms in total. The maximum atomic E-state index is 13.5. The second kappa shape index (κ2) is 13.0. The van der Waals surface area contributed by atoms with Crippen LogP contribution in [0.25, 0.3) is 17.1 Å². The largest absolute Gasteiger partial charge is 0.416 e. The molecule has 0 saturated carbocycles. The number of rotatable bonds is 8. The molecular weight excluding hydrogens is 582 g/mol. The van der Waals surface area contributed by atoms with Crippen molar-refractivity contribution in [1.82, 2.24) is 24.6 Å². The van der Waals surface area contributed by atoms with Gasteiger partial charge in [-0.3, -0.25) is 14.2 Å². The third-order valence-corrected chi connectivity index (χ3v) is 8.21. The lowest BCUT2D eigenvalue weighted by Gasteiger charge is -2.40. The average Bonchev–Trinajstić information content (AvgIpc) is 3.43. The van der Waals surface area contributed by atoms with Gasteiger partial charge in [0.2, 0.25) is 5.91 Å². The Kier molecular flexibility index (Phi) is 9.14. The molecule has 5 rings (SSSR count). The number of hydrogen-bond donors (Lipinski definition) is 0. The molecule has 0 radical (unpaired) electrons. The molecule has 4 aromatic rings. The van der Waals surface area contributed by atoms with E-state index in [-0.39, 0.29) is 24.3 Å². The van der Waals surface area contributed by atoms with E-state index < -0.39 is 17.6 Å². The summed E-state index contributed by atoms with van der Waals surface area (Å²) in [6.45, 7) is 3.04. The van der Waals surface area contributed by atoms with E-state index in [1.165, 1.54) is 42.1 Å². The van der Waals surface area contributed by atoms with Crippen LogP contribution in [0.15, 0.2) is 84.0 Å². The van der Waals surface area contributed by atoms with Crippen LogP contribution in [0.4, 0.5) is 17.6 Å². The van der Waals surface area contributed by atoms with E-state index in [1.54, 1.807) is 20.4 Å². The summed E-state index contributed by atoms with van der Waals surface area (Å²) in [5.74, 6) is 0.267. The van der Waals surface area contributed by atoms with Gasteiger partial charge in [-0.25, -0.2) is 4.39 Å². The number of amides is 2. The molecule has 224 valence electrons. The van der Waals surface area contributed by atoms with Crippen molar-refractivity contribution < 1.29 is 27.2 Å². The number of hydrogen-bond acceptors (Lipinski definition) is 5. The van der Waals surface area contributed by atoms with Crippen LogP contribution in [-0.4, -0.2) is 67.8 Å². The van der Waals surface area contributed by atoms with Crippen LogP contribution in [0, 0.1) is 5.82 Å². The highest BCUT2D eigenvalue weighted by molar-refractivity contribution is 7.99. The van der Waals surface area contributed by atoms with Gasteiger partial charge < -0.3 is 9.80 Å². The zero-order valence-electron chi connectivity index (χ0n) is 23.3. The predicted octanol–water partition coefficient (Wildman–Crippen LogP) is 6.34. The normalized spacial score (nSPS) is 15.5. The van der Waals surface area contributed by atoms with Crippen molar-refractivity contribution in [2.45, 2.75) is 37.1 Å². The molecule has 1 fully saturated rings. The Morgan fingerprint density at radius 3 is 2.40 bits per heavy atom. The summed E-state index contributed by atoms with van der Waals surface area (Å²) in [6.07, 6.45) is -3.71. The molecule has 0 spiro atoms. The first-order chi connectivity index (χ1) is 20.6. The number of carbonyl (C=O) groups is 2. The molecular formula is C31H29F4N5O2S. The number of nitrogens with zero attached hydrogens (tertiary/aromatic N) is 5. The van der Waals surface area contributed by atoms with Crippen LogP contribution < -0.4 is 0 Å². The molecule has 1 saturated heterocycles. The van der Waals surface area contributed by atoms with E-state index in [0.29, 0.717) is 59.6 Å². The minimum Gasteiger partial charge on any atom is -0.339 e. The predicted molar refractivity (Wildman–Crippen MR) is 155 cm³/mol. The standard InChI is InChI=1S/C31H29F4N5O2S/c1-21-20-38(16-17-39(21)29(42)23-12-14-25(32)15-13-23)27(41)11-6-18-43-30-37-36-28(22-7-3-2-4-8-22)40(30)26-10-5-9-24(19-26)31(33,34)35/h2-5,7-10,12-15,19,21H,6,11,16-18,20H2,1H3. The fourth-order valence-corrected chi connectivity index (χ4v) is 5.87. The highest BCUT2D eigenvalue weighted by Crippen LogP contribution is 2.33. The fourth-order valence-electron chi connectivity index (χ4n) is 4.98. The molecule has 1 aliphatic rings. The van der Waals surface area contributed by atoms with Crippen LogP contribution >= 0.6 is 11.8 Å². The summed E-state index contributed by atoms with van der Waals surface area (Å²) in [6, 6.07) is 19.3. The number of benzene rings is 3. The molecule has 43 heavy (non-hydrogen) atoms. The van der Waals surface area contributed by atoms with Crippen LogP contribution in [-0.2, 0) is 11.0 Å². The zero-order chi connectivity index (χ0) is 30.6. The van der Waals surface area contributed by atoms with Crippen LogP contribution in [0.3, 0.4) is 0 Å². The summed E-state index contributed by atoms with van der Waals surface area (Å²) < 4.78 is 55.3. The molecule has 1 aromatic heterocycles. The highest BCUT2D eigenvalue weighted by Gasteiger charge is 2.32. The number of halogens is 4. The lowest BCUT2D eigenvalue weighted by atomic mass is 10.1. The maximum absolute atomic E-state index is 13.5. The summed E-state index contributed by atoms with van der Waals surface area (Å²) in [5.41, 5.74) is 0.631. The lowest BCUT2D eigenvalue weighted by molar-refractivity contribution is -0.137. The number of piperazine rings is 1. The van der Waals surface area contributed by atoms with E-state index in [1.807, 2.05) is 37.3 Å². The van der Waals surface area contributed by atoms with Gasteiger partial charge in [-0.05, 0) is 55.8 Å². The Bertz CT molecular complexity index is 1580. The fraction of sp³-hybridized carbons (Fsp3) is 0.290. The summed E-state index contributed by atoms with van der Waals surface area (Å²) in [4.78, 5) is 29.3. The minimum absolute atomic E-state index is 0.0364. The zero-order valence-corrected chi connectivity index (χ0v) is 24.1. The van der Waals surface area contributed by atoms with Crippen LogP contribution in [0.5, 0.6) is 0 Å². The lowest BCUT2D eigenvalue weighted by Crippen LogP contribution is -2.55. The molecule has 0 N–H and O–H groups in total. The van der Waals surface area contributed by atoms with E-state index in [4.69, 9.17) is 0 Å². The molecule has 2 heterocycles. The number of carbonyl (C=O) groups excluding carboxylic acids is 2. The van der Waals surface area contributed by atoms with Crippen molar-refractivity contribution in [3.63, 3.8) is 0 Å². The molecule has 0 aliphatic carbocycles. The summed E-state index contributed by atoms with van der Waals surface area (Å²) in [7, 11) is 0. The Hall–Kier alpha value is -4.19. The number of thioether (sulfide) groups is 1. The van der Waals surface area contributed by atoms with Crippen molar-refractivity contribution in [1.29, 1.82) is 0 Å². The Morgan fingerprint density at radius 2 is 1.70 bits per heavy atom. The molecule has 12 heteroatoms. The Morgan fingerprint density at radius 1 is 0.953 bits per heavy atom. The topological polar surface area (TPSA) is 71.3 Å². The van der Waals surface area contributed by atoms with E-state index in [2.05, 4.69) is 10.2 Å². The van der Waals surface area contributed by atoms with Gasteiger partial charge in [0.1, 0.15) is 5.82 Å². The average molecular weight is 612 g/mol. The summed E-state index contributed by atoms with van der Waals surface area (Å²) >= 11 is 1.32.